The van der Waals surface area contributed by atoms with E-state index in [1.807, 2.05) is 0 Å². The topological polar surface area (TPSA) is 50.4 Å². The average molecular weight is 302 g/mol. The minimum absolute atomic E-state index is 0.402. The van der Waals surface area contributed by atoms with E-state index in [1.165, 1.54) is 7.11 Å². The number of carbonyl (C=O) groups is 1. The summed E-state index contributed by atoms with van der Waals surface area (Å²) in [6.45, 7) is 0.682. The van der Waals surface area contributed by atoms with Crippen molar-refractivity contribution in [1.29, 1.82) is 0 Å². The van der Waals surface area contributed by atoms with Crippen LogP contribution in [-0.2, 0) is 4.79 Å². The van der Waals surface area contributed by atoms with Gasteiger partial charge in [-0.1, -0.05) is 18.2 Å². The quantitative estimate of drug-likeness (QED) is 0.899. The Labute approximate surface area is 120 Å². The lowest BCUT2D eigenvalue weighted by atomic mass is 9.91. The van der Waals surface area contributed by atoms with Crippen molar-refractivity contribution in [2.75, 3.05) is 13.7 Å². The van der Waals surface area contributed by atoms with Crippen molar-refractivity contribution in [1.82, 2.24) is 10.6 Å². The molecule has 1 amide bonds. The predicted molar refractivity (Wildman–Crippen MR) is 71.0 cm³/mol. The maximum Gasteiger partial charge on any atom is 0.471 e. The van der Waals surface area contributed by atoms with Crippen LogP contribution in [0.25, 0.3) is 0 Å². The first-order valence-corrected chi connectivity index (χ1v) is 6.67. The molecule has 2 N–H and O–H groups in total. The summed E-state index contributed by atoms with van der Waals surface area (Å²) < 4.78 is 42.5. The summed E-state index contributed by atoms with van der Waals surface area (Å²) in [4.78, 5) is 11.2. The zero-order valence-corrected chi connectivity index (χ0v) is 11.5. The standard InChI is InChI=1S/C14H17F3N2O2/c1-21-11-7-3-2-5-9(11)12-10(6-4-8-18-12)19-13(20)14(15,16)17/h2-3,5,7,10,12,18H,4,6,8H2,1H3,(H,19,20)/t10-,12+/m0/s1. The van der Waals surface area contributed by atoms with Crippen LogP contribution in [0.4, 0.5) is 13.2 Å². The molecule has 1 aromatic rings. The lowest BCUT2D eigenvalue weighted by molar-refractivity contribution is -0.174. The minimum Gasteiger partial charge on any atom is -0.496 e. The van der Waals surface area contributed by atoms with Crippen molar-refractivity contribution in [2.45, 2.75) is 31.1 Å². The number of rotatable bonds is 3. The van der Waals surface area contributed by atoms with E-state index in [-0.39, 0.29) is 0 Å². The number of amides is 1. The van der Waals surface area contributed by atoms with E-state index in [0.717, 1.165) is 5.56 Å². The van der Waals surface area contributed by atoms with Crippen LogP contribution in [0.2, 0.25) is 0 Å². The van der Waals surface area contributed by atoms with Gasteiger partial charge in [-0.3, -0.25) is 4.79 Å². The molecule has 1 fully saturated rings. The number of nitrogens with one attached hydrogen (secondary N) is 2. The first kappa shape index (κ1) is 15.6. The second-order valence-corrected chi connectivity index (χ2v) is 4.89. The first-order chi connectivity index (χ1) is 9.93. The molecule has 0 radical (unpaired) electrons. The molecular formula is C14H17F3N2O2. The number of hydrogen-bond donors (Lipinski definition) is 2. The number of para-hydroxylation sites is 1. The molecule has 1 aliphatic rings. The molecule has 1 heterocycles. The number of methoxy groups -OCH3 is 1. The van der Waals surface area contributed by atoms with Gasteiger partial charge in [0, 0.05) is 11.6 Å². The molecule has 7 heteroatoms. The highest BCUT2D eigenvalue weighted by Gasteiger charge is 2.41. The van der Waals surface area contributed by atoms with Gasteiger partial charge in [0.25, 0.3) is 0 Å². The summed E-state index contributed by atoms with van der Waals surface area (Å²) in [5, 5.41) is 5.23. The number of alkyl halides is 3. The molecule has 0 bridgehead atoms. The molecule has 1 saturated heterocycles. The van der Waals surface area contributed by atoms with Crippen LogP contribution < -0.4 is 15.4 Å². The first-order valence-electron chi connectivity index (χ1n) is 6.67. The fourth-order valence-corrected chi connectivity index (χ4v) is 2.54. The Hall–Kier alpha value is -1.76. The molecule has 2 atom stereocenters. The largest absolute Gasteiger partial charge is 0.496 e. The van der Waals surface area contributed by atoms with Crippen molar-refractivity contribution in [3.63, 3.8) is 0 Å². The van der Waals surface area contributed by atoms with Crippen LogP contribution in [-0.4, -0.2) is 31.8 Å². The average Bonchev–Trinajstić information content (AvgIpc) is 2.47. The van der Waals surface area contributed by atoms with Gasteiger partial charge >= 0.3 is 12.1 Å². The summed E-state index contributed by atoms with van der Waals surface area (Å²) >= 11 is 0. The lowest BCUT2D eigenvalue weighted by Gasteiger charge is -2.34. The third-order valence-corrected chi connectivity index (χ3v) is 3.51. The highest BCUT2D eigenvalue weighted by Crippen LogP contribution is 2.31. The maximum absolute atomic E-state index is 12.4. The predicted octanol–water partition coefficient (Wildman–Crippen LogP) is 2.17. The van der Waals surface area contributed by atoms with E-state index in [1.54, 1.807) is 24.3 Å². The van der Waals surface area contributed by atoms with Crippen molar-refractivity contribution < 1.29 is 22.7 Å². The van der Waals surface area contributed by atoms with Crippen LogP contribution in [0.15, 0.2) is 24.3 Å². The van der Waals surface area contributed by atoms with E-state index in [0.29, 0.717) is 25.1 Å². The van der Waals surface area contributed by atoms with Crippen molar-refractivity contribution >= 4 is 5.91 Å². The minimum atomic E-state index is -4.87. The van der Waals surface area contributed by atoms with Gasteiger partial charge in [-0.15, -0.1) is 0 Å². The molecule has 1 aliphatic heterocycles. The maximum atomic E-state index is 12.4. The molecule has 2 rings (SSSR count). The van der Waals surface area contributed by atoms with E-state index in [9.17, 15) is 18.0 Å². The summed E-state index contributed by atoms with van der Waals surface area (Å²) in [6, 6.07) is 6.08. The highest BCUT2D eigenvalue weighted by molar-refractivity contribution is 5.82. The highest BCUT2D eigenvalue weighted by atomic mass is 19.4. The lowest BCUT2D eigenvalue weighted by Crippen LogP contribution is -2.51. The van der Waals surface area contributed by atoms with Gasteiger partial charge in [-0.25, -0.2) is 0 Å². The zero-order chi connectivity index (χ0) is 15.5. The fraction of sp³-hybridized carbons (Fsp3) is 0.500. The number of ether oxygens (including phenoxy) is 1. The summed E-state index contributed by atoms with van der Waals surface area (Å²) in [7, 11) is 1.50. The van der Waals surface area contributed by atoms with Gasteiger partial charge < -0.3 is 15.4 Å². The van der Waals surface area contributed by atoms with E-state index in [4.69, 9.17) is 4.74 Å². The van der Waals surface area contributed by atoms with Crippen molar-refractivity contribution in [3.8, 4) is 5.75 Å². The molecule has 0 aliphatic carbocycles. The Morgan fingerprint density at radius 2 is 2.10 bits per heavy atom. The van der Waals surface area contributed by atoms with Gasteiger partial charge in [-0.05, 0) is 25.5 Å². The smallest absolute Gasteiger partial charge is 0.471 e. The second-order valence-electron chi connectivity index (χ2n) is 4.89. The summed E-state index contributed by atoms with van der Waals surface area (Å²) in [5.74, 6) is -1.32. The second kappa shape index (κ2) is 6.34. The molecule has 116 valence electrons. The van der Waals surface area contributed by atoms with Crippen LogP contribution in [0, 0.1) is 0 Å². The molecular weight excluding hydrogens is 285 g/mol. The van der Waals surface area contributed by atoms with E-state index >= 15 is 0 Å². The number of carbonyl (C=O) groups excluding carboxylic acids is 1. The Morgan fingerprint density at radius 3 is 2.76 bits per heavy atom. The molecule has 0 unspecified atom stereocenters. The van der Waals surface area contributed by atoms with Gasteiger partial charge in [0.2, 0.25) is 0 Å². The Balaban J connectivity index is 2.21. The number of piperidine rings is 1. The van der Waals surface area contributed by atoms with Gasteiger partial charge in [0.15, 0.2) is 0 Å². The zero-order valence-electron chi connectivity index (χ0n) is 11.5. The summed E-state index contributed by atoms with van der Waals surface area (Å²) in [6.07, 6.45) is -3.69. The monoisotopic (exact) mass is 302 g/mol. The summed E-state index contributed by atoms with van der Waals surface area (Å²) in [5.41, 5.74) is 0.743. The number of benzene rings is 1. The Bertz CT molecular complexity index is 505. The number of halogens is 3. The molecule has 4 nitrogen and oxygen atoms in total. The van der Waals surface area contributed by atoms with E-state index in [2.05, 4.69) is 10.6 Å². The third-order valence-electron chi connectivity index (χ3n) is 3.51. The van der Waals surface area contributed by atoms with Crippen molar-refractivity contribution in [2.24, 2.45) is 0 Å². The van der Waals surface area contributed by atoms with Gasteiger partial charge in [-0.2, -0.15) is 13.2 Å². The normalized spacial score (nSPS) is 22.7. The Kier molecular flexibility index (Phi) is 4.72. The van der Waals surface area contributed by atoms with Crippen LogP contribution in [0.1, 0.15) is 24.4 Å². The molecule has 0 aromatic heterocycles. The number of hydrogen-bond acceptors (Lipinski definition) is 3. The molecule has 0 saturated carbocycles. The SMILES string of the molecule is COc1ccccc1[C@H]1NCCC[C@@H]1NC(=O)C(F)(F)F. The van der Waals surface area contributed by atoms with Crippen LogP contribution in [0.5, 0.6) is 5.75 Å². The van der Waals surface area contributed by atoms with Gasteiger partial charge in [0.05, 0.1) is 13.2 Å². The third kappa shape index (κ3) is 3.66. The van der Waals surface area contributed by atoms with Crippen molar-refractivity contribution in [3.05, 3.63) is 29.8 Å². The molecule has 21 heavy (non-hydrogen) atoms. The van der Waals surface area contributed by atoms with E-state index < -0.39 is 24.2 Å². The molecule has 1 aromatic carbocycles. The fourth-order valence-electron chi connectivity index (χ4n) is 2.54. The van der Waals surface area contributed by atoms with Crippen LogP contribution in [0.3, 0.4) is 0 Å². The van der Waals surface area contributed by atoms with Gasteiger partial charge in [0.1, 0.15) is 5.75 Å². The Morgan fingerprint density at radius 1 is 1.38 bits per heavy atom. The molecule has 0 spiro atoms. The van der Waals surface area contributed by atoms with Crippen LogP contribution >= 0.6 is 0 Å².